The van der Waals surface area contributed by atoms with Crippen LogP contribution in [-0.4, -0.2) is 6.29 Å². The first-order valence-electron chi connectivity index (χ1n) is 5.70. The predicted molar refractivity (Wildman–Crippen MR) is 85.1 cm³/mol. The van der Waals surface area contributed by atoms with E-state index in [1.165, 1.54) is 9.75 Å². The number of carbonyl (C=O) groups is 1. The third kappa shape index (κ3) is 2.61. The number of rotatable bonds is 4. The summed E-state index contributed by atoms with van der Waals surface area (Å²) in [6, 6.07) is 10.4. The molecule has 0 aliphatic carbocycles. The fraction of sp³-hybridized carbons (Fsp3) is 0. The Morgan fingerprint density at radius 3 is 2.68 bits per heavy atom. The Balaban J connectivity index is 2.01. The zero-order valence-corrected chi connectivity index (χ0v) is 12.4. The van der Waals surface area contributed by atoms with E-state index in [1.54, 1.807) is 40.1 Å². The van der Waals surface area contributed by atoms with Gasteiger partial charge in [0.05, 0.1) is 0 Å². The number of aldehydes is 1. The molecule has 0 atom stereocenters. The summed E-state index contributed by atoms with van der Waals surface area (Å²) in [6.45, 7) is 0. The lowest BCUT2D eigenvalue weighted by atomic mass is 10.1. The highest BCUT2D eigenvalue weighted by atomic mass is 32.1. The minimum atomic E-state index is 0.859. The highest BCUT2D eigenvalue weighted by molar-refractivity contribution is 7.22. The quantitative estimate of drug-likeness (QED) is 0.480. The first kappa shape index (κ1) is 12.5. The summed E-state index contributed by atoms with van der Waals surface area (Å²) < 4.78 is 0. The van der Waals surface area contributed by atoms with Gasteiger partial charge in [0.2, 0.25) is 0 Å². The van der Waals surface area contributed by atoms with Crippen molar-refractivity contribution in [2.75, 3.05) is 0 Å². The molecule has 3 heterocycles. The molecule has 3 aromatic rings. The summed E-state index contributed by atoms with van der Waals surface area (Å²) in [4.78, 5) is 14.5. The zero-order chi connectivity index (χ0) is 13.1. The molecule has 3 rings (SSSR count). The van der Waals surface area contributed by atoms with E-state index in [0.717, 1.165) is 22.3 Å². The molecule has 0 saturated heterocycles. The maximum Gasteiger partial charge on any atom is 0.143 e. The minimum Gasteiger partial charge on any atom is -0.299 e. The van der Waals surface area contributed by atoms with Crippen molar-refractivity contribution in [3.05, 3.63) is 63.0 Å². The van der Waals surface area contributed by atoms with Gasteiger partial charge in [-0.1, -0.05) is 6.07 Å². The molecular weight excluding hydrogens is 292 g/mol. The molecule has 0 saturated carbocycles. The van der Waals surface area contributed by atoms with Gasteiger partial charge in [0.1, 0.15) is 6.29 Å². The molecule has 0 aromatic carbocycles. The van der Waals surface area contributed by atoms with Gasteiger partial charge in [-0.3, -0.25) is 4.79 Å². The predicted octanol–water partition coefficient (Wildman–Crippen LogP) is 5.17. The molecule has 0 aliphatic rings. The normalized spacial score (nSPS) is 11.7. The number of hydrogen-bond donors (Lipinski definition) is 0. The fourth-order valence-corrected chi connectivity index (χ4v) is 4.38. The van der Waals surface area contributed by atoms with Crippen LogP contribution >= 0.6 is 34.0 Å². The number of allylic oxidation sites excluding steroid dienone is 1. The summed E-state index contributed by atoms with van der Waals surface area (Å²) in [6.07, 6.45) is 2.50. The van der Waals surface area contributed by atoms with E-state index in [-0.39, 0.29) is 0 Å². The van der Waals surface area contributed by atoms with Gasteiger partial charge < -0.3 is 0 Å². The van der Waals surface area contributed by atoms with E-state index in [4.69, 9.17) is 0 Å². The summed E-state index contributed by atoms with van der Waals surface area (Å²) in [5, 5.41) is 6.18. The second kappa shape index (κ2) is 5.65. The van der Waals surface area contributed by atoms with Crippen molar-refractivity contribution in [2.45, 2.75) is 0 Å². The number of thiophene rings is 3. The second-order valence-corrected chi connectivity index (χ2v) is 6.68. The Labute approximate surface area is 123 Å². The van der Waals surface area contributed by atoms with Crippen LogP contribution in [0.1, 0.15) is 10.4 Å². The van der Waals surface area contributed by atoms with Gasteiger partial charge in [-0.25, -0.2) is 0 Å². The van der Waals surface area contributed by atoms with Gasteiger partial charge in [0.15, 0.2) is 0 Å². The van der Waals surface area contributed by atoms with Crippen LogP contribution in [0.4, 0.5) is 0 Å². The molecule has 0 fully saturated rings. The summed E-state index contributed by atoms with van der Waals surface area (Å²) in [7, 11) is 0. The van der Waals surface area contributed by atoms with Crippen molar-refractivity contribution in [1.82, 2.24) is 0 Å². The highest BCUT2D eigenvalue weighted by Gasteiger charge is 2.10. The van der Waals surface area contributed by atoms with Crippen molar-refractivity contribution in [3.8, 4) is 9.75 Å². The minimum absolute atomic E-state index is 0.859. The van der Waals surface area contributed by atoms with E-state index in [9.17, 15) is 4.79 Å². The van der Waals surface area contributed by atoms with Crippen molar-refractivity contribution < 1.29 is 4.79 Å². The molecule has 19 heavy (non-hydrogen) atoms. The molecule has 0 spiro atoms. The molecule has 0 N–H and O–H groups in total. The molecule has 0 aliphatic heterocycles. The first-order chi connectivity index (χ1) is 9.38. The van der Waals surface area contributed by atoms with E-state index < -0.39 is 0 Å². The van der Waals surface area contributed by atoms with Crippen LogP contribution in [0.2, 0.25) is 0 Å². The van der Waals surface area contributed by atoms with Crippen LogP contribution in [0.25, 0.3) is 15.3 Å². The van der Waals surface area contributed by atoms with Crippen molar-refractivity contribution in [2.24, 2.45) is 0 Å². The molecule has 94 valence electrons. The molecular formula is C15H10OS3. The van der Waals surface area contributed by atoms with Crippen molar-refractivity contribution in [1.29, 1.82) is 0 Å². The van der Waals surface area contributed by atoms with Crippen molar-refractivity contribution in [3.63, 3.8) is 0 Å². The monoisotopic (exact) mass is 302 g/mol. The zero-order valence-electron chi connectivity index (χ0n) is 9.91. The van der Waals surface area contributed by atoms with Gasteiger partial charge >= 0.3 is 0 Å². The van der Waals surface area contributed by atoms with Crippen LogP contribution in [0.5, 0.6) is 0 Å². The third-order valence-electron chi connectivity index (χ3n) is 2.70. The fourth-order valence-electron chi connectivity index (χ4n) is 1.84. The van der Waals surface area contributed by atoms with Gasteiger partial charge in [0.25, 0.3) is 0 Å². The van der Waals surface area contributed by atoms with E-state index >= 15 is 0 Å². The summed E-state index contributed by atoms with van der Waals surface area (Å²) >= 11 is 5.10. The second-order valence-electron chi connectivity index (χ2n) is 3.87. The van der Waals surface area contributed by atoms with Gasteiger partial charge in [-0.15, -0.1) is 22.7 Å². The van der Waals surface area contributed by atoms with E-state index in [0.29, 0.717) is 0 Å². The van der Waals surface area contributed by atoms with Crippen LogP contribution in [0.3, 0.4) is 0 Å². The van der Waals surface area contributed by atoms with Crippen molar-refractivity contribution >= 4 is 45.9 Å². The molecule has 0 amide bonds. The van der Waals surface area contributed by atoms with Crippen LogP contribution in [0.15, 0.2) is 52.5 Å². The van der Waals surface area contributed by atoms with E-state index in [2.05, 4.69) is 35.0 Å². The molecule has 0 unspecified atom stereocenters. The summed E-state index contributed by atoms with van der Waals surface area (Å²) in [5.41, 5.74) is 2.11. The Morgan fingerprint density at radius 1 is 1.05 bits per heavy atom. The maximum atomic E-state index is 10.9. The molecule has 1 nitrogen and oxygen atoms in total. The standard InChI is InChI=1S/C15H10OS3/c16-7-5-12(11-6-9-17-10-11)13-3-4-15(19-13)14-2-1-8-18-14/h1-10H. The third-order valence-corrected chi connectivity index (χ3v) is 5.57. The Bertz CT molecular complexity index is 688. The average molecular weight is 302 g/mol. The summed E-state index contributed by atoms with van der Waals surface area (Å²) in [5.74, 6) is 0. The molecule has 0 bridgehead atoms. The lowest BCUT2D eigenvalue weighted by Gasteiger charge is -2.00. The average Bonchev–Trinajstić information content (AvgIpc) is 3.14. The SMILES string of the molecule is O=CC=C(c1ccsc1)c1ccc(-c2cccs2)s1. The van der Waals surface area contributed by atoms with Gasteiger partial charge in [-0.05, 0) is 52.0 Å². The first-order valence-corrected chi connectivity index (χ1v) is 8.34. The topological polar surface area (TPSA) is 17.1 Å². The van der Waals surface area contributed by atoms with E-state index in [1.807, 2.05) is 11.4 Å². The lowest BCUT2D eigenvalue weighted by molar-refractivity contribution is -0.104. The molecule has 3 aromatic heterocycles. The molecule has 0 radical (unpaired) electrons. The largest absolute Gasteiger partial charge is 0.299 e. The van der Waals surface area contributed by atoms with Crippen LogP contribution < -0.4 is 0 Å². The van der Waals surface area contributed by atoms with Crippen LogP contribution in [-0.2, 0) is 4.79 Å². The smallest absolute Gasteiger partial charge is 0.143 e. The Morgan fingerprint density at radius 2 is 2.00 bits per heavy atom. The number of hydrogen-bond acceptors (Lipinski definition) is 4. The Kier molecular flexibility index (Phi) is 3.73. The number of carbonyl (C=O) groups excluding carboxylic acids is 1. The lowest BCUT2D eigenvalue weighted by Crippen LogP contribution is -1.81. The van der Waals surface area contributed by atoms with Gasteiger partial charge in [0, 0.05) is 20.2 Å². The Hall–Kier alpha value is -1.49. The molecule has 4 heteroatoms. The van der Waals surface area contributed by atoms with Gasteiger partial charge in [-0.2, -0.15) is 11.3 Å². The maximum absolute atomic E-state index is 10.9. The van der Waals surface area contributed by atoms with Crippen LogP contribution in [0, 0.1) is 0 Å². The highest BCUT2D eigenvalue weighted by Crippen LogP contribution is 2.36.